The third kappa shape index (κ3) is 7.49. The van der Waals surface area contributed by atoms with Crippen LogP contribution in [0.3, 0.4) is 0 Å². The standard InChI is InChI=1S/C43H47N3O8/c1-47-38-20-30(21-39(48-2)42(38)51-5)34-10-8-7-9-29(34)26-46(33-11-12-36-37(24-33)54-27-53-36)32-14-17-45(18-15-32)25-28-13-16-44-35(19-28)31-22-40(49-3)43(52-6)41(23-31)50-4/h7-13,16,19-24,32H,14-15,17-18,25-27H2,1-6H3. The summed E-state index contributed by atoms with van der Waals surface area (Å²) in [4.78, 5) is 9.72. The van der Waals surface area contributed by atoms with Gasteiger partial charge < -0.3 is 42.8 Å². The van der Waals surface area contributed by atoms with Crippen LogP contribution in [-0.4, -0.2) is 78.5 Å². The normalized spacial score (nSPS) is 14.0. The molecule has 1 aromatic heterocycles. The Balaban J connectivity index is 1.13. The molecule has 0 N–H and O–H groups in total. The quantitative estimate of drug-likeness (QED) is 0.112. The number of likely N-dealkylation sites (tertiary alicyclic amines) is 1. The van der Waals surface area contributed by atoms with Crippen molar-refractivity contribution in [2.75, 3.05) is 67.4 Å². The highest BCUT2D eigenvalue weighted by molar-refractivity contribution is 5.74. The average molecular weight is 734 g/mol. The molecular formula is C43H47N3O8. The Morgan fingerprint density at radius 3 is 1.91 bits per heavy atom. The van der Waals surface area contributed by atoms with Gasteiger partial charge in [0.15, 0.2) is 34.5 Å². The fourth-order valence-corrected chi connectivity index (χ4v) is 7.46. The molecular weight excluding hydrogens is 686 g/mol. The summed E-state index contributed by atoms with van der Waals surface area (Å²) < 4.78 is 45.3. The Hall–Kier alpha value is -5.81. The van der Waals surface area contributed by atoms with E-state index in [0.29, 0.717) is 47.1 Å². The second kappa shape index (κ2) is 16.5. The lowest BCUT2D eigenvalue weighted by Crippen LogP contribution is -2.44. The van der Waals surface area contributed by atoms with Crippen LogP contribution in [0.15, 0.2) is 85.1 Å². The van der Waals surface area contributed by atoms with Gasteiger partial charge in [-0.05, 0) is 83.6 Å². The number of hydrogen-bond acceptors (Lipinski definition) is 11. The predicted molar refractivity (Wildman–Crippen MR) is 208 cm³/mol. The highest BCUT2D eigenvalue weighted by atomic mass is 16.7. The summed E-state index contributed by atoms with van der Waals surface area (Å²) in [6, 6.07) is 27.2. The van der Waals surface area contributed by atoms with E-state index < -0.39 is 0 Å². The molecule has 0 bridgehead atoms. The van der Waals surface area contributed by atoms with Crippen molar-refractivity contribution in [3.63, 3.8) is 0 Å². The van der Waals surface area contributed by atoms with E-state index in [1.165, 1.54) is 11.1 Å². The molecule has 11 heteroatoms. The van der Waals surface area contributed by atoms with E-state index in [4.69, 9.17) is 37.9 Å². The van der Waals surface area contributed by atoms with Crippen molar-refractivity contribution in [3.05, 3.63) is 96.2 Å². The molecule has 4 aromatic carbocycles. The monoisotopic (exact) mass is 733 g/mol. The maximum atomic E-state index is 5.83. The minimum Gasteiger partial charge on any atom is -0.493 e. The van der Waals surface area contributed by atoms with E-state index in [1.54, 1.807) is 42.7 Å². The first-order chi connectivity index (χ1) is 26.5. The van der Waals surface area contributed by atoms with Crippen LogP contribution in [0.1, 0.15) is 24.0 Å². The molecule has 54 heavy (non-hydrogen) atoms. The first-order valence-corrected chi connectivity index (χ1v) is 18.0. The van der Waals surface area contributed by atoms with Crippen molar-refractivity contribution >= 4 is 5.69 Å². The molecule has 0 saturated carbocycles. The lowest BCUT2D eigenvalue weighted by molar-refractivity contribution is 0.174. The van der Waals surface area contributed by atoms with Crippen molar-refractivity contribution in [3.8, 4) is 68.4 Å². The van der Waals surface area contributed by atoms with Crippen molar-refractivity contribution in [1.29, 1.82) is 0 Å². The molecule has 0 atom stereocenters. The van der Waals surface area contributed by atoms with Crippen LogP contribution in [-0.2, 0) is 13.1 Å². The highest BCUT2D eigenvalue weighted by Gasteiger charge is 2.28. The molecule has 0 amide bonds. The van der Waals surface area contributed by atoms with Gasteiger partial charge in [-0.3, -0.25) is 9.88 Å². The highest BCUT2D eigenvalue weighted by Crippen LogP contribution is 2.44. The van der Waals surface area contributed by atoms with Crippen molar-refractivity contribution in [2.45, 2.75) is 32.0 Å². The van der Waals surface area contributed by atoms with E-state index in [9.17, 15) is 0 Å². The number of anilines is 1. The summed E-state index contributed by atoms with van der Waals surface area (Å²) in [6.07, 6.45) is 3.85. The smallest absolute Gasteiger partial charge is 0.231 e. The molecule has 2 aliphatic heterocycles. The zero-order valence-electron chi connectivity index (χ0n) is 31.7. The van der Waals surface area contributed by atoms with E-state index in [-0.39, 0.29) is 6.79 Å². The minimum absolute atomic E-state index is 0.234. The van der Waals surface area contributed by atoms with Crippen LogP contribution >= 0.6 is 0 Å². The SMILES string of the molecule is COc1cc(-c2cc(CN3CCC(N(Cc4ccccc4-c4cc(OC)c(OC)c(OC)c4)c4ccc5c(c4)OCO5)CC3)ccn2)cc(OC)c1OC. The van der Waals surface area contributed by atoms with Crippen molar-refractivity contribution in [2.24, 2.45) is 0 Å². The third-order valence-corrected chi connectivity index (χ3v) is 10.2. The second-order valence-corrected chi connectivity index (χ2v) is 13.2. The van der Waals surface area contributed by atoms with Gasteiger partial charge in [0.05, 0.1) is 48.4 Å². The number of fused-ring (bicyclic) bond motifs is 1. The van der Waals surface area contributed by atoms with E-state index >= 15 is 0 Å². The van der Waals surface area contributed by atoms with Gasteiger partial charge in [-0.15, -0.1) is 0 Å². The van der Waals surface area contributed by atoms with Gasteiger partial charge in [-0.1, -0.05) is 24.3 Å². The van der Waals surface area contributed by atoms with E-state index in [0.717, 1.165) is 72.0 Å². The zero-order valence-corrected chi connectivity index (χ0v) is 31.7. The first kappa shape index (κ1) is 36.5. The number of aromatic nitrogens is 1. The molecule has 7 rings (SSSR count). The van der Waals surface area contributed by atoms with Crippen LogP contribution in [0.5, 0.6) is 46.0 Å². The number of hydrogen-bond donors (Lipinski definition) is 0. The van der Waals surface area contributed by atoms with Crippen LogP contribution < -0.4 is 42.8 Å². The Kier molecular flexibility index (Phi) is 11.1. The second-order valence-electron chi connectivity index (χ2n) is 13.2. The number of nitrogens with zero attached hydrogens (tertiary/aromatic N) is 3. The third-order valence-electron chi connectivity index (χ3n) is 10.2. The first-order valence-electron chi connectivity index (χ1n) is 18.0. The van der Waals surface area contributed by atoms with Crippen LogP contribution in [0.4, 0.5) is 5.69 Å². The lowest BCUT2D eigenvalue weighted by Gasteiger charge is -2.40. The van der Waals surface area contributed by atoms with Gasteiger partial charge in [0, 0.05) is 55.7 Å². The number of methoxy groups -OCH3 is 6. The maximum absolute atomic E-state index is 5.83. The zero-order chi connectivity index (χ0) is 37.6. The number of piperidine rings is 1. The van der Waals surface area contributed by atoms with Crippen molar-refractivity contribution in [1.82, 2.24) is 9.88 Å². The molecule has 3 heterocycles. The van der Waals surface area contributed by atoms with E-state index in [1.807, 2.05) is 36.5 Å². The minimum atomic E-state index is 0.234. The number of rotatable bonds is 14. The Labute approximate surface area is 316 Å². The van der Waals surface area contributed by atoms with Gasteiger partial charge >= 0.3 is 0 Å². The summed E-state index contributed by atoms with van der Waals surface area (Å²) >= 11 is 0. The lowest BCUT2D eigenvalue weighted by atomic mass is 9.96. The van der Waals surface area contributed by atoms with Crippen LogP contribution in [0.25, 0.3) is 22.4 Å². The molecule has 282 valence electrons. The van der Waals surface area contributed by atoms with Gasteiger partial charge in [-0.25, -0.2) is 0 Å². The van der Waals surface area contributed by atoms with Gasteiger partial charge in [0.25, 0.3) is 0 Å². The number of ether oxygens (including phenoxy) is 8. The molecule has 0 spiro atoms. The van der Waals surface area contributed by atoms with Crippen molar-refractivity contribution < 1.29 is 37.9 Å². The molecule has 1 saturated heterocycles. The average Bonchev–Trinajstić information content (AvgIpc) is 3.70. The molecule has 1 fully saturated rings. The molecule has 0 unspecified atom stereocenters. The van der Waals surface area contributed by atoms with Gasteiger partial charge in [0.1, 0.15) is 0 Å². The summed E-state index contributed by atoms with van der Waals surface area (Å²) in [6.45, 7) is 3.64. The van der Waals surface area contributed by atoms with Gasteiger partial charge in [-0.2, -0.15) is 0 Å². The Bertz CT molecular complexity index is 2030. The molecule has 0 radical (unpaired) electrons. The summed E-state index contributed by atoms with van der Waals surface area (Å²) in [5.74, 6) is 5.10. The summed E-state index contributed by atoms with van der Waals surface area (Å²) in [5.41, 5.74) is 7.31. The number of benzene rings is 4. The fraction of sp³-hybridized carbons (Fsp3) is 0.326. The summed E-state index contributed by atoms with van der Waals surface area (Å²) in [5, 5.41) is 0. The number of pyridine rings is 1. The molecule has 5 aromatic rings. The molecule has 2 aliphatic rings. The van der Waals surface area contributed by atoms with Gasteiger partial charge in [0.2, 0.25) is 18.3 Å². The molecule has 11 nitrogen and oxygen atoms in total. The fourth-order valence-electron chi connectivity index (χ4n) is 7.46. The predicted octanol–water partition coefficient (Wildman–Crippen LogP) is 7.87. The topological polar surface area (TPSA) is 93.2 Å². The Morgan fingerprint density at radius 2 is 1.28 bits per heavy atom. The van der Waals surface area contributed by atoms with Crippen LogP contribution in [0, 0.1) is 0 Å². The summed E-state index contributed by atoms with van der Waals surface area (Å²) in [7, 11) is 9.75. The van der Waals surface area contributed by atoms with Crippen LogP contribution in [0.2, 0.25) is 0 Å². The van der Waals surface area contributed by atoms with E-state index in [2.05, 4.69) is 63.3 Å². The Morgan fingerprint density at radius 1 is 0.667 bits per heavy atom. The largest absolute Gasteiger partial charge is 0.493 e. The maximum Gasteiger partial charge on any atom is 0.231 e. The molecule has 0 aliphatic carbocycles.